The molecular weight excluding hydrogens is 549 g/mol. The number of benzene rings is 2. The van der Waals surface area contributed by atoms with Gasteiger partial charge in [0.25, 0.3) is 12.3 Å². The number of carbonyl (C=O) groups excluding carboxylic acids is 1. The van der Waals surface area contributed by atoms with Crippen LogP contribution in [-0.2, 0) is 0 Å². The summed E-state index contributed by atoms with van der Waals surface area (Å²) < 4.78 is 44.0. The molecule has 12 heteroatoms. The molecule has 7 nitrogen and oxygen atoms in total. The van der Waals surface area contributed by atoms with Gasteiger partial charge < -0.3 is 10.5 Å². The number of ether oxygens (including phenoxy) is 1. The van der Waals surface area contributed by atoms with Crippen LogP contribution in [0.1, 0.15) is 52.7 Å². The van der Waals surface area contributed by atoms with Crippen LogP contribution in [0.15, 0.2) is 60.0 Å². The molecule has 4 rings (SSSR count). The lowest BCUT2D eigenvalue weighted by Gasteiger charge is -2.18. The number of aromatic nitrogens is 2. The van der Waals surface area contributed by atoms with Crippen LogP contribution in [-0.4, -0.2) is 41.7 Å². The maximum absolute atomic E-state index is 13.4. The largest absolute Gasteiger partial charge is 0.484 e. The van der Waals surface area contributed by atoms with E-state index in [9.17, 15) is 18.0 Å². The molecule has 1 unspecified atom stereocenters. The van der Waals surface area contributed by atoms with Crippen molar-refractivity contribution in [3.05, 3.63) is 81.3 Å². The van der Waals surface area contributed by atoms with E-state index >= 15 is 0 Å². The molecule has 4 aromatic rings. The van der Waals surface area contributed by atoms with Crippen molar-refractivity contribution in [1.29, 1.82) is 0 Å². The minimum Gasteiger partial charge on any atom is -0.484 e. The van der Waals surface area contributed by atoms with Gasteiger partial charge in [0.2, 0.25) is 0 Å². The van der Waals surface area contributed by atoms with E-state index in [0.29, 0.717) is 24.3 Å². The van der Waals surface area contributed by atoms with Crippen LogP contribution >= 0.6 is 23.1 Å². The van der Waals surface area contributed by atoms with E-state index in [2.05, 4.69) is 10.2 Å². The van der Waals surface area contributed by atoms with Crippen LogP contribution in [0, 0.1) is 11.8 Å². The number of nitroso groups, excluding NO2 is 1. The Morgan fingerprint density at radius 2 is 1.74 bits per heavy atom. The lowest BCUT2D eigenvalue weighted by Crippen LogP contribution is -2.12. The Morgan fingerprint density at radius 3 is 2.28 bits per heavy atom. The van der Waals surface area contributed by atoms with Gasteiger partial charge in [-0.3, -0.25) is 13.8 Å². The molecular formula is C27H33F3N4O3S2. The molecule has 0 saturated heterocycles. The zero-order chi connectivity index (χ0) is 29.5. The summed E-state index contributed by atoms with van der Waals surface area (Å²) in [5.41, 5.74) is 8.59. The van der Waals surface area contributed by atoms with Crippen LogP contribution in [0.25, 0.3) is 16.0 Å². The van der Waals surface area contributed by atoms with Gasteiger partial charge in [0.15, 0.2) is 0 Å². The standard InChI is InChI=1S/C22H19F2N3O2S.C2H5NO.C2H6S.CH3F/c1-12-7-8-16-17(9-12)27(11-26-16)19-10-18(20(30-19)22(25)28)29-13(2)14-5-3-4-6-15(14)21(23)24;1-2-3-4;1-3-2;1-2/h3-11,13,21H,1-2H3,(H2,25,28);2H2,1H3;1-2H3;1H3. The first kappa shape index (κ1) is 33.6. The summed E-state index contributed by atoms with van der Waals surface area (Å²) in [5.74, 6) is -0.384. The SMILES string of the molecule is CCN=O.CF.CSC.Cc1ccc2ncn(-c3cc(OC(C)c4ccccc4C(F)F)c(C(N)=O)s3)c2c1. The summed E-state index contributed by atoms with van der Waals surface area (Å²) in [5, 5.41) is 3.18. The number of amides is 1. The molecule has 0 saturated carbocycles. The Labute approximate surface area is 234 Å². The van der Waals surface area contributed by atoms with Gasteiger partial charge in [-0.15, -0.1) is 11.3 Å². The molecule has 212 valence electrons. The summed E-state index contributed by atoms with van der Waals surface area (Å²) >= 11 is 2.92. The number of primary amides is 1. The number of nitrogens with zero attached hydrogens (tertiary/aromatic N) is 3. The van der Waals surface area contributed by atoms with E-state index < -0.39 is 18.4 Å². The minimum atomic E-state index is -2.62. The van der Waals surface area contributed by atoms with Gasteiger partial charge >= 0.3 is 0 Å². The average molecular weight is 583 g/mol. The summed E-state index contributed by atoms with van der Waals surface area (Å²) in [7, 11) is 0.500. The minimum absolute atomic E-state index is 0.0999. The maximum atomic E-state index is 13.4. The van der Waals surface area contributed by atoms with Crippen LogP contribution in [0.4, 0.5) is 13.2 Å². The average Bonchev–Trinajstić information content (AvgIpc) is 3.54. The molecule has 1 atom stereocenters. The van der Waals surface area contributed by atoms with Gasteiger partial charge in [-0.1, -0.05) is 35.5 Å². The lowest BCUT2D eigenvalue weighted by atomic mass is 10.0. The highest BCUT2D eigenvalue weighted by molar-refractivity contribution is 7.97. The number of thioether (sulfide) groups is 1. The van der Waals surface area contributed by atoms with Crippen molar-refractivity contribution in [3.63, 3.8) is 0 Å². The maximum Gasteiger partial charge on any atom is 0.264 e. The Morgan fingerprint density at radius 1 is 1.15 bits per heavy atom. The first-order valence-corrected chi connectivity index (χ1v) is 14.1. The van der Waals surface area contributed by atoms with Crippen LogP contribution in [0.3, 0.4) is 0 Å². The van der Waals surface area contributed by atoms with Gasteiger partial charge in [-0.05, 0) is 51.0 Å². The zero-order valence-corrected chi connectivity index (χ0v) is 24.3. The smallest absolute Gasteiger partial charge is 0.264 e. The molecule has 0 aliphatic rings. The highest BCUT2D eigenvalue weighted by Crippen LogP contribution is 2.37. The number of thiophene rings is 1. The molecule has 2 aromatic heterocycles. The highest BCUT2D eigenvalue weighted by atomic mass is 32.2. The third-order valence-corrected chi connectivity index (χ3v) is 6.08. The number of rotatable bonds is 7. The van der Waals surface area contributed by atoms with Crippen molar-refractivity contribution in [2.24, 2.45) is 10.9 Å². The fourth-order valence-corrected chi connectivity index (χ4v) is 4.29. The molecule has 0 aliphatic carbocycles. The first-order chi connectivity index (χ1) is 18.7. The number of halogens is 3. The molecule has 0 aliphatic heterocycles. The first-order valence-electron chi connectivity index (χ1n) is 11.7. The van der Waals surface area contributed by atoms with E-state index in [-0.39, 0.29) is 16.2 Å². The molecule has 0 spiro atoms. The fraction of sp³-hybridized carbons (Fsp3) is 0.333. The number of hydrogen-bond donors (Lipinski definition) is 1. The predicted molar refractivity (Wildman–Crippen MR) is 155 cm³/mol. The summed E-state index contributed by atoms with van der Waals surface area (Å²) in [4.78, 5) is 25.6. The van der Waals surface area contributed by atoms with Crippen LogP contribution in [0.2, 0.25) is 0 Å². The second kappa shape index (κ2) is 17.3. The second-order valence-electron chi connectivity index (χ2n) is 7.79. The van der Waals surface area contributed by atoms with Gasteiger partial charge in [-0.25, -0.2) is 13.8 Å². The topological polar surface area (TPSA) is 99.6 Å². The molecule has 0 fully saturated rings. The molecule has 0 radical (unpaired) electrons. The normalized spacial score (nSPS) is 10.8. The Balaban J connectivity index is 0.000000748. The summed E-state index contributed by atoms with van der Waals surface area (Å²) in [6, 6.07) is 13.8. The lowest BCUT2D eigenvalue weighted by molar-refractivity contribution is 0.0997. The zero-order valence-electron chi connectivity index (χ0n) is 22.7. The van der Waals surface area contributed by atoms with Crippen molar-refractivity contribution in [1.82, 2.24) is 9.55 Å². The van der Waals surface area contributed by atoms with Crippen LogP contribution in [0.5, 0.6) is 5.75 Å². The van der Waals surface area contributed by atoms with Crippen molar-refractivity contribution in [2.45, 2.75) is 33.3 Å². The molecule has 39 heavy (non-hydrogen) atoms. The second-order valence-corrected chi connectivity index (χ2v) is 9.64. The number of nitrogens with two attached hydrogens (primary N) is 1. The fourth-order valence-electron chi connectivity index (χ4n) is 3.37. The molecule has 1 amide bonds. The number of fused-ring (bicyclic) bond motifs is 1. The number of alkyl halides is 3. The van der Waals surface area contributed by atoms with Crippen molar-refractivity contribution in [2.75, 3.05) is 26.2 Å². The number of imidazole rings is 1. The number of hydrogen-bond acceptors (Lipinski definition) is 7. The third-order valence-electron chi connectivity index (χ3n) is 4.95. The van der Waals surface area contributed by atoms with E-state index in [0.717, 1.165) is 16.6 Å². The molecule has 2 heterocycles. The molecule has 2 N–H and O–H groups in total. The van der Waals surface area contributed by atoms with Crippen molar-refractivity contribution < 1.29 is 22.7 Å². The monoisotopic (exact) mass is 582 g/mol. The van der Waals surface area contributed by atoms with Gasteiger partial charge in [0, 0.05) is 17.2 Å². The van der Waals surface area contributed by atoms with E-state index in [4.69, 9.17) is 15.4 Å². The number of carbonyl (C=O) groups is 1. The van der Waals surface area contributed by atoms with E-state index in [1.807, 2.05) is 42.2 Å². The summed E-state index contributed by atoms with van der Waals surface area (Å²) in [6.07, 6.45) is 2.43. The van der Waals surface area contributed by atoms with Crippen molar-refractivity contribution >= 4 is 40.0 Å². The highest BCUT2D eigenvalue weighted by Gasteiger charge is 2.23. The van der Waals surface area contributed by atoms with E-state index in [1.54, 1.807) is 56.2 Å². The van der Waals surface area contributed by atoms with Crippen LogP contribution < -0.4 is 10.5 Å². The van der Waals surface area contributed by atoms with Gasteiger partial charge in [0.1, 0.15) is 28.1 Å². The van der Waals surface area contributed by atoms with Crippen molar-refractivity contribution in [3.8, 4) is 10.8 Å². The molecule has 0 bridgehead atoms. The Kier molecular flexibility index (Phi) is 14.9. The summed E-state index contributed by atoms with van der Waals surface area (Å²) in [6.45, 7) is 5.74. The third kappa shape index (κ3) is 9.39. The van der Waals surface area contributed by atoms with E-state index in [1.165, 1.54) is 17.4 Å². The Hall–Kier alpha value is -3.38. The predicted octanol–water partition coefficient (Wildman–Crippen LogP) is 7.91. The molecule has 2 aromatic carbocycles. The Bertz CT molecular complexity index is 1330. The number of aryl methyl sites for hydroxylation is 1. The van der Waals surface area contributed by atoms with Gasteiger partial charge in [-0.2, -0.15) is 16.7 Å². The quantitative estimate of drug-likeness (QED) is 0.223. The van der Waals surface area contributed by atoms with Gasteiger partial charge in [0.05, 0.1) is 24.8 Å².